The number of amides is 2. The van der Waals surface area contributed by atoms with Crippen molar-refractivity contribution in [3.05, 3.63) is 96.1 Å². The van der Waals surface area contributed by atoms with Gasteiger partial charge in [-0.2, -0.15) is 0 Å². The third-order valence-electron chi connectivity index (χ3n) is 5.74. The van der Waals surface area contributed by atoms with Gasteiger partial charge in [0.15, 0.2) is 5.96 Å². The van der Waals surface area contributed by atoms with E-state index in [4.69, 9.17) is 17.2 Å². The molecule has 0 spiro atoms. The molecule has 3 aromatic carbocycles. The highest BCUT2D eigenvalue weighted by atomic mass is 16.2. The molecule has 36 heavy (non-hydrogen) atoms. The van der Waals surface area contributed by atoms with Crippen LogP contribution in [0.3, 0.4) is 0 Å². The summed E-state index contributed by atoms with van der Waals surface area (Å²) in [5, 5.41) is 5.70. The second kappa shape index (κ2) is 13.7. The molecule has 2 amide bonds. The van der Waals surface area contributed by atoms with Gasteiger partial charge in [-0.05, 0) is 41.5 Å². The van der Waals surface area contributed by atoms with E-state index in [1.807, 2.05) is 84.9 Å². The lowest BCUT2D eigenvalue weighted by molar-refractivity contribution is -0.129. The van der Waals surface area contributed by atoms with Crippen LogP contribution in [0.25, 0.3) is 11.1 Å². The number of benzene rings is 3. The maximum absolute atomic E-state index is 12.9. The summed E-state index contributed by atoms with van der Waals surface area (Å²) in [6.45, 7) is 0.722. The average molecular weight is 487 g/mol. The van der Waals surface area contributed by atoms with Crippen molar-refractivity contribution in [2.75, 3.05) is 6.54 Å². The Bertz CT molecular complexity index is 1130. The molecule has 0 bridgehead atoms. The monoisotopic (exact) mass is 486 g/mol. The van der Waals surface area contributed by atoms with E-state index in [-0.39, 0.29) is 17.8 Å². The van der Waals surface area contributed by atoms with Gasteiger partial charge in [-0.1, -0.05) is 84.9 Å². The van der Waals surface area contributed by atoms with Crippen LogP contribution in [0.2, 0.25) is 0 Å². The molecule has 3 aromatic rings. The Labute approximate surface area is 212 Å². The smallest absolute Gasteiger partial charge is 0.242 e. The maximum Gasteiger partial charge on any atom is 0.242 e. The van der Waals surface area contributed by atoms with E-state index in [9.17, 15) is 9.59 Å². The number of rotatable bonds is 12. The summed E-state index contributed by atoms with van der Waals surface area (Å²) in [7, 11) is 0. The molecule has 188 valence electrons. The summed E-state index contributed by atoms with van der Waals surface area (Å²) in [4.78, 5) is 29.7. The Morgan fingerprint density at radius 1 is 0.778 bits per heavy atom. The minimum absolute atomic E-state index is 0.00980. The van der Waals surface area contributed by atoms with Crippen molar-refractivity contribution in [3.63, 3.8) is 0 Å². The number of hydrogen-bond acceptors (Lipinski definition) is 4. The van der Waals surface area contributed by atoms with E-state index in [2.05, 4.69) is 15.6 Å². The fraction of sp³-hybridized carbons (Fsp3) is 0.250. The molecule has 0 radical (unpaired) electrons. The Morgan fingerprint density at radius 3 is 2.03 bits per heavy atom. The molecule has 0 aliphatic heterocycles. The molecule has 8 N–H and O–H groups in total. The van der Waals surface area contributed by atoms with Crippen LogP contribution in [0.1, 0.15) is 24.0 Å². The highest BCUT2D eigenvalue weighted by Gasteiger charge is 2.23. The van der Waals surface area contributed by atoms with Crippen LogP contribution in [-0.2, 0) is 22.6 Å². The van der Waals surface area contributed by atoms with Crippen LogP contribution >= 0.6 is 0 Å². The van der Waals surface area contributed by atoms with Gasteiger partial charge in [0.05, 0.1) is 6.04 Å². The van der Waals surface area contributed by atoms with Gasteiger partial charge in [-0.25, -0.2) is 0 Å². The number of nitrogens with zero attached hydrogens (tertiary/aromatic N) is 1. The second-order valence-electron chi connectivity index (χ2n) is 8.59. The van der Waals surface area contributed by atoms with Gasteiger partial charge in [0.1, 0.15) is 6.04 Å². The lowest BCUT2D eigenvalue weighted by atomic mass is 10.0. The van der Waals surface area contributed by atoms with Gasteiger partial charge in [0.25, 0.3) is 0 Å². The maximum atomic E-state index is 12.9. The second-order valence-corrected chi connectivity index (χ2v) is 8.59. The molecule has 0 aliphatic rings. The predicted octanol–water partition coefficient (Wildman–Crippen LogP) is 2.08. The van der Waals surface area contributed by atoms with E-state index in [1.54, 1.807) is 0 Å². The average Bonchev–Trinajstić information content (AvgIpc) is 2.90. The minimum Gasteiger partial charge on any atom is -0.370 e. The number of carbonyl (C=O) groups is 2. The van der Waals surface area contributed by atoms with E-state index < -0.39 is 12.1 Å². The van der Waals surface area contributed by atoms with Gasteiger partial charge < -0.3 is 27.8 Å². The van der Waals surface area contributed by atoms with E-state index >= 15 is 0 Å². The molecule has 0 aromatic heterocycles. The zero-order valence-corrected chi connectivity index (χ0v) is 20.3. The van der Waals surface area contributed by atoms with Crippen molar-refractivity contribution in [2.24, 2.45) is 22.2 Å². The number of carbonyl (C=O) groups excluding carboxylic acids is 2. The van der Waals surface area contributed by atoms with Gasteiger partial charge in [0, 0.05) is 13.1 Å². The standard InChI is InChI=1S/C28H34N6O2/c29-24(18-20-13-15-23(16-14-20)22-10-5-2-6-11-22)26(35)34-25(12-7-17-32-28(30)31)27(36)33-19-21-8-3-1-4-9-21/h1-6,8-11,13-16,24-25H,7,12,17-19,29H2,(H,33,36)(H,34,35)(H4,30,31,32)/t24-,25-/m0/s1. The Balaban J connectivity index is 1.58. The fourth-order valence-electron chi connectivity index (χ4n) is 3.77. The van der Waals surface area contributed by atoms with Crippen LogP contribution in [0.15, 0.2) is 89.9 Å². The van der Waals surface area contributed by atoms with Crippen molar-refractivity contribution >= 4 is 17.8 Å². The number of nitrogens with two attached hydrogens (primary N) is 3. The molecule has 8 nitrogen and oxygen atoms in total. The van der Waals surface area contributed by atoms with Crippen LogP contribution in [-0.4, -0.2) is 36.4 Å². The lowest BCUT2D eigenvalue weighted by Gasteiger charge is -2.21. The van der Waals surface area contributed by atoms with E-state index in [0.717, 1.165) is 22.3 Å². The van der Waals surface area contributed by atoms with Crippen LogP contribution in [0, 0.1) is 0 Å². The minimum atomic E-state index is -0.797. The Kier molecular flexibility index (Phi) is 10.0. The first-order valence-electron chi connectivity index (χ1n) is 12.0. The molecule has 2 atom stereocenters. The number of guanidine groups is 1. The van der Waals surface area contributed by atoms with Crippen LogP contribution in [0.5, 0.6) is 0 Å². The zero-order chi connectivity index (χ0) is 25.8. The van der Waals surface area contributed by atoms with Crippen molar-refractivity contribution < 1.29 is 9.59 Å². The molecule has 0 unspecified atom stereocenters. The molecule has 8 heteroatoms. The Hall–Kier alpha value is -4.17. The molecule has 0 aliphatic carbocycles. The number of hydrogen-bond donors (Lipinski definition) is 5. The summed E-state index contributed by atoms with van der Waals surface area (Å²) in [5.74, 6) is -0.676. The normalized spacial score (nSPS) is 12.2. The summed E-state index contributed by atoms with van der Waals surface area (Å²) in [5.41, 5.74) is 21.1. The molecular weight excluding hydrogens is 452 g/mol. The summed E-state index contributed by atoms with van der Waals surface area (Å²) in [6.07, 6.45) is 1.26. The summed E-state index contributed by atoms with van der Waals surface area (Å²) in [6, 6.07) is 26.0. The van der Waals surface area contributed by atoms with Gasteiger partial charge in [-0.15, -0.1) is 0 Å². The first-order chi connectivity index (χ1) is 17.4. The fourth-order valence-corrected chi connectivity index (χ4v) is 3.77. The van der Waals surface area contributed by atoms with Crippen LogP contribution in [0.4, 0.5) is 0 Å². The van der Waals surface area contributed by atoms with E-state index in [1.165, 1.54) is 0 Å². The van der Waals surface area contributed by atoms with Crippen molar-refractivity contribution in [1.82, 2.24) is 10.6 Å². The molecule has 0 heterocycles. The summed E-state index contributed by atoms with van der Waals surface area (Å²) < 4.78 is 0. The number of aliphatic imine (C=N–C) groups is 1. The van der Waals surface area contributed by atoms with Gasteiger partial charge in [-0.3, -0.25) is 14.6 Å². The molecule has 3 rings (SSSR count). The molecule has 0 fully saturated rings. The topological polar surface area (TPSA) is 149 Å². The van der Waals surface area contributed by atoms with Crippen molar-refractivity contribution in [2.45, 2.75) is 37.9 Å². The third-order valence-corrected chi connectivity index (χ3v) is 5.74. The molecular formula is C28H34N6O2. The largest absolute Gasteiger partial charge is 0.370 e. The molecule has 0 saturated carbocycles. The highest BCUT2D eigenvalue weighted by Crippen LogP contribution is 2.19. The van der Waals surface area contributed by atoms with Gasteiger partial charge in [0.2, 0.25) is 11.8 Å². The third kappa shape index (κ3) is 8.56. The highest BCUT2D eigenvalue weighted by molar-refractivity contribution is 5.89. The van der Waals surface area contributed by atoms with Crippen molar-refractivity contribution in [3.8, 4) is 11.1 Å². The Morgan fingerprint density at radius 2 is 1.39 bits per heavy atom. The van der Waals surface area contributed by atoms with E-state index in [0.29, 0.717) is 32.4 Å². The lowest BCUT2D eigenvalue weighted by Crippen LogP contribution is -2.52. The van der Waals surface area contributed by atoms with Gasteiger partial charge >= 0.3 is 0 Å². The first kappa shape index (κ1) is 26.4. The quantitative estimate of drug-likeness (QED) is 0.151. The van der Waals surface area contributed by atoms with Crippen molar-refractivity contribution in [1.29, 1.82) is 0 Å². The SMILES string of the molecule is NC(N)=NCCC[C@H](NC(=O)[C@@H](N)Cc1ccc(-c2ccccc2)cc1)C(=O)NCc1ccccc1. The first-order valence-corrected chi connectivity index (χ1v) is 12.0. The molecule has 0 saturated heterocycles. The predicted molar refractivity (Wildman–Crippen MR) is 144 cm³/mol. The number of nitrogens with one attached hydrogen (secondary N) is 2. The summed E-state index contributed by atoms with van der Waals surface area (Å²) >= 11 is 0. The van der Waals surface area contributed by atoms with Crippen LogP contribution < -0.4 is 27.8 Å². The zero-order valence-electron chi connectivity index (χ0n) is 20.3.